The van der Waals surface area contributed by atoms with Gasteiger partial charge in [-0.3, -0.25) is 0 Å². The monoisotopic (exact) mass is 323 g/mol. The molecule has 2 heterocycles. The molecule has 2 nitrogen and oxygen atoms in total. The van der Waals surface area contributed by atoms with Crippen molar-refractivity contribution < 1.29 is 4.74 Å². The summed E-state index contributed by atoms with van der Waals surface area (Å²) in [6.45, 7) is 2.11. The summed E-state index contributed by atoms with van der Waals surface area (Å²) in [5.41, 5.74) is 7.34. The van der Waals surface area contributed by atoms with E-state index in [1.54, 1.807) is 11.3 Å². The van der Waals surface area contributed by atoms with Crippen LogP contribution >= 0.6 is 27.3 Å². The number of rotatable bonds is 1. The van der Waals surface area contributed by atoms with Gasteiger partial charge in [0.15, 0.2) is 0 Å². The molecule has 0 bridgehead atoms. The number of fused-ring (bicyclic) bond motifs is 1. The van der Waals surface area contributed by atoms with Gasteiger partial charge in [-0.2, -0.15) is 0 Å². The van der Waals surface area contributed by atoms with Gasteiger partial charge in [-0.1, -0.05) is 18.2 Å². The van der Waals surface area contributed by atoms with Crippen molar-refractivity contribution in [2.75, 3.05) is 0 Å². The van der Waals surface area contributed by atoms with Gasteiger partial charge >= 0.3 is 0 Å². The van der Waals surface area contributed by atoms with Crippen LogP contribution in [-0.2, 0) is 0 Å². The highest BCUT2D eigenvalue weighted by atomic mass is 79.9. The summed E-state index contributed by atoms with van der Waals surface area (Å²) in [5, 5.41) is 0. The summed E-state index contributed by atoms with van der Waals surface area (Å²) in [4.78, 5) is 2.52. The minimum absolute atomic E-state index is 0.0566. The zero-order valence-corrected chi connectivity index (χ0v) is 12.4. The average molecular weight is 324 g/mol. The van der Waals surface area contributed by atoms with E-state index in [1.807, 2.05) is 24.3 Å². The highest BCUT2D eigenvalue weighted by Crippen LogP contribution is 2.42. The van der Waals surface area contributed by atoms with E-state index < -0.39 is 0 Å². The smallest absolute Gasteiger partial charge is 0.135 e. The number of benzene rings is 1. The third kappa shape index (κ3) is 2.09. The molecule has 4 heteroatoms. The van der Waals surface area contributed by atoms with Crippen LogP contribution in [0.1, 0.15) is 33.9 Å². The van der Waals surface area contributed by atoms with Crippen LogP contribution in [-0.4, -0.2) is 0 Å². The Morgan fingerprint density at radius 2 is 2.17 bits per heavy atom. The second-order valence-corrected chi connectivity index (χ2v) is 6.68. The number of thiophene rings is 1. The number of para-hydroxylation sites is 1. The highest BCUT2D eigenvalue weighted by Gasteiger charge is 2.28. The molecule has 2 atom stereocenters. The number of hydrogen-bond donors (Lipinski definition) is 1. The van der Waals surface area contributed by atoms with Gasteiger partial charge in [0, 0.05) is 32.3 Å². The lowest BCUT2D eigenvalue weighted by Crippen LogP contribution is -2.23. The molecular weight excluding hydrogens is 310 g/mol. The highest BCUT2D eigenvalue weighted by molar-refractivity contribution is 9.10. The van der Waals surface area contributed by atoms with Crippen molar-refractivity contribution in [3.05, 3.63) is 50.1 Å². The number of nitrogens with two attached hydrogens (primary N) is 1. The standard InChI is InChI=1S/C14H14BrNOS/c1-8-10(15)6-14(18-8)13-7-11(16)9-4-2-3-5-12(9)17-13/h2-6,11,13H,7,16H2,1H3. The lowest BCUT2D eigenvalue weighted by molar-refractivity contribution is 0.165. The van der Waals surface area contributed by atoms with Crippen molar-refractivity contribution in [1.29, 1.82) is 0 Å². The van der Waals surface area contributed by atoms with E-state index in [4.69, 9.17) is 10.5 Å². The molecule has 1 aromatic carbocycles. The molecule has 94 valence electrons. The van der Waals surface area contributed by atoms with Crippen molar-refractivity contribution in [1.82, 2.24) is 0 Å². The number of aryl methyl sites for hydroxylation is 1. The molecule has 0 aliphatic carbocycles. The molecule has 2 unspecified atom stereocenters. The predicted molar refractivity (Wildman–Crippen MR) is 78.1 cm³/mol. The lowest BCUT2D eigenvalue weighted by atomic mass is 9.97. The van der Waals surface area contributed by atoms with Gasteiger partial charge < -0.3 is 10.5 Å². The minimum atomic E-state index is 0.0566. The van der Waals surface area contributed by atoms with Crippen LogP contribution in [0.5, 0.6) is 5.75 Å². The quantitative estimate of drug-likeness (QED) is 0.847. The second-order valence-electron chi connectivity index (χ2n) is 4.54. The fourth-order valence-electron chi connectivity index (χ4n) is 2.27. The summed E-state index contributed by atoms with van der Waals surface area (Å²) in [7, 11) is 0. The van der Waals surface area contributed by atoms with E-state index in [2.05, 4.69) is 28.9 Å². The zero-order chi connectivity index (χ0) is 12.7. The van der Waals surface area contributed by atoms with Gasteiger partial charge in [0.2, 0.25) is 0 Å². The normalized spacial score (nSPS) is 22.4. The van der Waals surface area contributed by atoms with E-state index in [1.165, 1.54) is 9.75 Å². The number of hydrogen-bond acceptors (Lipinski definition) is 3. The molecule has 1 aliphatic heterocycles. The van der Waals surface area contributed by atoms with Crippen LogP contribution in [0, 0.1) is 6.92 Å². The summed E-state index contributed by atoms with van der Waals surface area (Å²) >= 11 is 5.32. The first kappa shape index (κ1) is 12.2. The Kier molecular flexibility index (Phi) is 3.18. The first-order chi connectivity index (χ1) is 8.65. The van der Waals surface area contributed by atoms with E-state index in [0.717, 1.165) is 22.2 Å². The van der Waals surface area contributed by atoms with Crippen molar-refractivity contribution in [3.63, 3.8) is 0 Å². The maximum Gasteiger partial charge on any atom is 0.135 e. The van der Waals surface area contributed by atoms with Crippen LogP contribution in [0.15, 0.2) is 34.8 Å². The average Bonchev–Trinajstić information content (AvgIpc) is 2.70. The van der Waals surface area contributed by atoms with Crippen LogP contribution in [0.4, 0.5) is 0 Å². The number of ether oxygens (including phenoxy) is 1. The molecular formula is C14H14BrNOS. The van der Waals surface area contributed by atoms with Crippen LogP contribution in [0.2, 0.25) is 0 Å². The fourth-order valence-corrected chi connectivity index (χ4v) is 3.87. The summed E-state index contributed by atoms with van der Waals surface area (Å²) in [5.74, 6) is 0.920. The Labute approximate surface area is 119 Å². The molecule has 1 aliphatic rings. The molecule has 0 radical (unpaired) electrons. The van der Waals surface area contributed by atoms with E-state index in [9.17, 15) is 0 Å². The third-order valence-corrected chi connectivity index (χ3v) is 5.48. The Hall–Kier alpha value is -0.840. The molecule has 0 spiro atoms. The molecule has 0 saturated carbocycles. The molecule has 2 N–H and O–H groups in total. The largest absolute Gasteiger partial charge is 0.484 e. The molecule has 2 aromatic rings. The first-order valence-corrected chi connectivity index (χ1v) is 7.53. The fraction of sp³-hybridized carbons (Fsp3) is 0.286. The van der Waals surface area contributed by atoms with Gasteiger partial charge in [-0.25, -0.2) is 0 Å². The molecule has 0 amide bonds. The Balaban J connectivity index is 1.94. The van der Waals surface area contributed by atoms with E-state index in [-0.39, 0.29) is 12.1 Å². The van der Waals surface area contributed by atoms with Gasteiger partial charge in [0.1, 0.15) is 11.9 Å². The third-order valence-electron chi connectivity index (χ3n) is 3.25. The molecule has 0 saturated heterocycles. The molecule has 18 heavy (non-hydrogen) atoms. The van der Waals surface area contributed by atoms with Crippen molar-refractivity contribution in [2.24, 2.45) is 5.73 Å². The van der Waals surface area contributed by atoms with Gasteiger partial charge in [0.05, 0.1) is 0 Å². The maximum atomic E-state index is 6.23. The van der Waals surface area contributed by atoms with Crippen molar-refractivity contribution in [3.8, 4) is 5.75 Å². The second kappa shape index (κ2) is 4.68. The summed E-state index contributed by atoms with van der Waals surface area (Å²) in [6.07, 6.45) is 0.911. The number of halogens is 1. The Morgan fingerprint density at radius 3 is 2.89 bits per heavy atom. The Morgan fingerprint density at radius 1 is 1.39 bits per heavy atom. The SMILES string of the molecule is Cc1sc(C2CC(N)c3ccccc3O2)cc1Br. The van der Waals surface area contributed by atoms with Crippen molar-refractivity contribution in [2.45, 2.75) is 25.5 Å². The van der Waals surface area contributed by atoms with Crippen molar-refractivity contribution >= 4 is 27.3 Å². The summed E-state index contributed by atoms with van der Waals surface area (Å²) in [6, 6.07) is 10.2. The van der Waals surface area contributed by atoms with Crippen LogP contribution in [0.25, 0.3) is 0 Å². The van der Waals surface area contributed by atoms with E-state index >= 15 is 0 Å². The van der Waals surface area contributed by atoms with Gasteiger partial charge in [0.25, 0.3) is 0 Å². The zero-order valence-electron chi connectivity index (χ0n) is 10.0. The molecule has 0 fully saturated rings. The predicted octanol–water partition coefficient (Wildman–Crippen LogP) is 4.34. The van der Waals surface area contributed by atoms with Crippen LogP contribution < -0.4 is 10.5 Å². The Bertz CT molecular complexity index is 561. The van der Waals surface area contributed by atoms with Gasteiger partial charge in [-0.15, -0.1) is 11.3 Å². The minimum Gasteiger partial charge on any atom is -0.484 e. The van der Waals surface area contributed by atoms with Crippen LogP contribution in [0.3, 0.4) is 0 Å². The summed E-state index contributed by atoms with van der Waals surface area (Å²) < 4.78 is 7.22. The van der Waals surface area contributed by atoms with E-state index in [0.29, 0.717) is 0 Å². The topological polar surface area (TPSA) is 35.2 Å². The maximum absolute atomic E-state index is 6.23. The lowest BCUT2D eigenvalue weighted by Gasteiger charge is -2.29. The first-order valence-electron chi connectivity index (χ1n) is 5.92. The molecule has 1 aromatic heterocycles. The molecule has 3 rings (SSSR count). The van der Waals surface area contributed by atoms with Gasteiger partial charge in [-0.05, 0) is 35.0 Å².